The van der Waals surface area contributed by atoms with Crippen LogP contribution in [0.4, 0.5) is 0 Å². The Balaban J connectivity index is 2.25. The van der Waals surface area contributed by atoms with Crippen LogP contribution < -0.4 is 5.32 Å². The monoisotopic (exact) mass is 288 g/mol. The van der Waals surface area contributed by atoms with E-state index in [1.807, 2.05) is 0 Å². The van der Waals surface area contributed by atoms with E-state index in [2.05, 4.69) is 31.0 Å². The van der Waals surface area contributed by atoms with Crippen LogP contribution in [0.25, 0.3) is 0 Å². The molecule has 1 fully saturated rings. The first-order chi connectivity index (χ1) is 9.31. The highest BCUT2D eigenvalue weighted by molar-refractivity contribution is 6.46. The molecule has 1 N–H and O–H groups in total. The lowest BCUT2D eigenvalue weighted by Gasteiger charge is -2.28. The highest BCUT2D eigenvalue weighted by Crippen LogP contribution is 2.23. The lowest BCUT2D eigenvalue weighted by Crippen LogP contribution is -2.43. The average Bonchev–Trinajstić information content (AvgIpc) is 2.45. The molecule has 0 aliphatic carbocycles. The van der Waals surface area contributed by atoms with E-state index < -0.39 is 9.28 Å². The molecule has 0 amide bonds. The van der Waals surface area contributed by atoms with Crippen LogP contribution in [0.5, 0.6) is 0 Å². The van der Waals surface area contributed by atoms with Gasteiger partial charge in [-0.1, -0.05) is 13.3 Å². The SMILES string of the molecule is CCO[SiH](OCC)C(CC)CCCN1CCNCC1. The van der Waals surface area contributed by atoms with Crippen molar-refractivity contribution in [1.29, 1.82) is 0 Å². The molecule has 1 unspecified atom stereocenters. The molecular formula is C14H32N2O2Si. The molecule has 5 heteroatoms. The van der Waals surface area contributed by atoms with Gasteiger partial charge in [0.2, 0.25) is 0 Å². The molecule has 0 aromatic carbocycles. The van der Waals surface area contributed by atoms with Crippen LogP contribution in [0, 0.1) is 0 Å². The molecule has 1 heterocycles. The van der Waals surface area contributed by atoms with Gasteiger partial charge < -0.3 is 19.1 Å². The molecule has 0 aromatic heterocycles. The second-order valence-electron chi connectivity index (χ2n) is 5.18. The fourth-order valence-electron chi connectivity index (χ4n) is 2.69. The van der Waals surface area contributed by atoms with Gasteiger partial charge in [0.15, 0.2) is 0 Å². The van der Waals surface area contributed by atoms with Crippen molar-refractivity contribution < 1.29 is 8.85 Å². The Hall–Kier alpha value is 0.0569. The fraction of sp³-hybridized carbons (Fsp3) is 1.00. The molecule has 0 radical (unpaired) electrons. The van der Waals surface area contributed by atoms with Gasteiger partial charge in [-0.15, -0.1) is 0 Å². The van der Waals surface area contributed by atoms with Gasteiger partial charge in [0.25, 0.3) is 0 Å². The molecule has 1 saturated heterocycles. The van der Waals surface area contributed by atoms with Gasteiger partial charge in [0.1, 0.15) is 0 Å². The summed E-state index contributed by atoms with van der Waals surface area (Å²) in [5, 5.41) is 3.40. The molecule has 0 spiro atoms. The summed E-state index contributed by atoms with van der Waals surface area (Å²) in [5.74, 6) is 0. The zero-order valence-electron chi connectivity index (χ0n) is 13.0. The van der Waals surface area contributed by atoms with Crippen molar-refractivity contribution in [2.45, 2.75) is 45.6 Å². The summed E-state index contributed by atoms with van der Waals surface area (Å²) in [4.78, 5) is 2.57. The van der Waals surface area contributed by atoms with Crippen LogP contribution in [0.3, 0.4) is 0 Å². The zero-order chi connectivity index (χ0) is 13.9. The molecule has 0 bridgehead atoms. The van der Waals surface area contributed by atoms with Gasteiger partial charge in [-0.05, 0) is 38.8 Å². The molecule has 114 valence electrons. The maximum Gasteiger partial charge on any atom is 0.324 e. The second kappa shape index (κ2) is 10.8. The van der Waals surface area contributed by atoms with Crippen molar-refractivity contribution in [2.75, 3.05) is 45.9 Å². The minimum Gasteiger partial charge on any atom is -0.397 e. The van der Waals surface area contributed by atoms with E-state index in [4.69, 9.17) is 8.85 Å². The summed E-state index contributed by atoms with van der Waals surface area (Å²) in [5.41, 5.74) is 0.669. The quantitative estimate of drug-likeness (QED) is 0.621. The first kappa shape index (κ1) is 17.1. The van der Waals surface area contributed by atoms with Crippen molar-refractivity contribution in [3.63, 3.8) is 0 Å². The van der Waals surface area contributed by atoms with Crippen molar-refractivity contribution in [2.24, 2.45) is 0 Å². The molecule has 1 aliphatic heterocycles. The maximum absolute atomic E-state index is 5.87. The summed E-state index contributed by atoms with van der Waals surface area (Å²) >= 11 is 0. The van der Waals surface area contributed by atoms with Gasteiger partial charge in [-0.2, -0.15) is 0 Å². The first-order valence-corrected chi connectivity index (χ1v) is 9.59. The molecule has 4 nitrogen and oxygen atoms in total. The lowest BCUT2D eigenvalue weighted by atomic mass is 10.2. The predicted molar refractivity (Wildman–Crippen MR) is 83.0 cm³/mol. The van der Waals surface area contributed by atoms with Crippen molar-refractivity contribution in [1.82, 2.24) is 10.2 Å². The highest BCUT2D eigenvalue weighted by Gasteiger charge is 2.24. The lowest BCUT2D eigenvalue weighted by molar-refractivity contribution is 0.196. The van der Waals surface area contributed by atoms with Crippen LogP contribution >= 0.6 is 0 Å². The zero-order valence-corrected chi connectivity index (χ0v) is 14.1. The Morgan fingerprint density at radius 2 is 1.74 bits per heavy atom. The Bertz CT molecular complexity index is 208. The number of rotatable bonds is 10. The molecule has 1 rings (SSSR count). The number of nitrogens with one attached hydrogen (secondary N) is 1. The van der Waals surface area contributed by atoms with Gasteiger partial charge in [0.05, 0.1) is 0 Å². The third-order valence-corrected chi connectivity index (χ3v) is 6.73. The molecule has 0 saturated carbocycles. The van der Waals surface area contributed by atoms with Gasteiger partial charge in [-0.25, -0.2) is 0 Å². The maximum atomic E-state index is 5.87. The van der Waals surface area contributed by atoms with Gasteiger partial charge in [0, 0.05) is 39.4 Å². The van der Waals surface area contributed by atoms with Crippen molar-refractivity contribution in [3.05, 3.63) is 0 Å². The number of piperazine rings is 1. The van der Waals surface area contributed by atoms with Crippen LogP contribution in [-0.4, -0.2) is 60.1 Å². The second-order valence-corrected chi connectivity index (χ2v) is 7.53. The van der Waals surface area contributed by atoms with Crippen LogP contribution in [0.1, 0.15) is 40.0 Å². The number of hydrogen-bond donors (Lipinski definition) is 1. The fourth-order valence-corrected chi connectivity index (χ4v) is 4.88. The summed E-state index contributed by atoms with van der Waals surface area (Å²) in [6.45, 7) is 13.9. The average molecular weight is 289 g/mol. The Kier molecular flexibility index (Phi) is 9.72. The van der Waals surface area contributed by atoms with E-state index >= 15 is 0 Å². The third-order valence-electron chi connectivity index (χ3n) is 3.83. The number of nitrogens with zero attached hydrogens (tertiary/aromatic N) is 1. The highest BCUT2D eigenvalue weighted by atomic mass is 28.3. The predicted octanol–water partition coefficient (Wildman–Crippen LogP) is 1.75. The summed E-state index contributed by atoms with van der Waals surface area (Å²) in [6, 6.07) is 0. The van der Waals surface area contributed by atoms with E-state index in [1.165, 1.54) is 38.9 Å². The van der Waals surface area contributed by atoms with Crippen molar-refractivity contribution >= 4 is 9.28 Å². The molecule has 0 aromatic rings. The smallest absolute Gasteiger partial charge is 0.324 e. The molecule has 1 aliphatic rings. The summed E-state index contributed by atoms with van der Waals surface area (Å²) in [6.07, 6.45) is 3.73. The first-order valence-electron chi connectivity index (χ1n) is 7.98. The van der Waals surface area contributed by atoms with Crippen LogP contribution in [0.2, 0.25) is 5.54 Å². The van der Waals surface area contributed by atoms with Crippen molar-refractivity contribution in [3.8, 4) is 0 Å². The molecule has 1 atom stereocenters. The van der Waals surface area contributed by atoms with E-state index in [9.17, 15) is 0 Å². The van der Waals surface area contributed by atoms with E-state index in [0.29, 0.717) is 5.54 Å². The standard InChI is InChI=1S/C14H32N2O2Si/c1-4-14(19(17-5-2)18-6-3)8-7-11-16-12-9-15-10-13-16/h14-15,19H,4-13H2,1-3H3. The van der Waals surface area contributed by atoms with E-state index in [-0.39, 0.29) is 0 Å². The Labute approximate surface area is 120 Å². The third kappa shape index (κ3) is 6.86. The number of hydrogen-bond acceptors (Lipinski definition) is 4. The minimum atomic E-state index is -1.45. The van der Waals surface area contributed by atoms with E-state index in [0.717, 1.165) is 26.3 Å². The Morgan fingerprint density at radius 1 is 1.11 bits per heavy atom. The summed E-state index contributed by atoms with van der Waals surface area (Å²) < 4.78 is 11.7. The summed E-state index contributed by atoms with van der Waals surface area (Å²) in [7, 11) is -1.45. The minimum absolute atomic E-state index is 0.669. The Morgan fingerprint density at radius 3 is 2.26 bits per heavy atom. The van der Waals surface area contributed by atoms with Crippen LogP contribution in [-0.2, 0) is 8.85 Å². The normalized spacial score (nSPS) is 18.9. The van der Waals surface area contributed by atoms with Crippen LogP contribution in [0.15, 0.2) is 0 Å². The van der Waals surface area contributed by atoms with Gasteiger partial charge in [-0.3, -0.25) is 0 Å². The van der Waals surface area contributed by atoms with E-state index in [1.54, 1.807) is 0 Å². The van der Waals surface area contributed by atoms with Gasteiger partial charge >= 0.3 is 9.28 Å². The largest absolute Gasteiger partial charge is 0.397 e. The topological polar surface area (TPSA) is 33.7 Å². The molecular weight excluding hydrogens is 256 g/mol. The molecule has 19 heavy (non-hydrogen) atoms.